The lowest BCUT2D eigenvalue weighted by Crippen LogP contribution is -2.24. The van der Waals surface area contributed by atoms with Gasteiger partial charge >= 0.3 is 0 Å². The third-order valence-corrected chi connectivity index (χ3v) is 2.94. The predicted octanol–water partition coefficient (Wildman–Crippen LogP) is 3.22. The van der Waals surface area contributed by atoms with Crippen molar-refractivity contribution in [3.63, 3.8) is 0 Å². The molecule has 0 fully saturated rings. The Morgan fingerprint density at radius 3 is 3.00 bits per heavy atom. The number of alkyl halides is 1. The van der Waals surface area contributed by atoms with Crippen LogP contribution >= 0.6 is 11.6 Å². The van der Waals surface area contributed by atoms with E-state index < -0.39 is 0 Å². The first-order valence-corrected chi connectivity index (χ1v) is 6.12. The van der Waals surface area contributed by atoms with Gasteiger partial charge in [-0.05, 0) is 43.2 Å². The monoisotopic (exact) mass is 250 g/mol. The standard InChI is InChI=1S/C14H15ClO2/c1-14(2)8-11-7-10(3-5-12(16)9-15)4-6-13(11)17-14/h3-7H,8-9H2,1-2H3. The first-order valence-electron chi connectivity index (χ1n) is 5.59. The fourth-order valence-corrected chi connectivity index (χ4v) is 2.06. The van der Waals surface area contributed by atoms with Crippen LogP contribution in [0.4, 0.5) is 0 Å². The smallest absolute Gasteiger partial charge is 0.170 e. The molecule has 2 rings (SSSR count). The fraction of sp³-hybridized carbons (Fsp3) is 0.357. The number of hydrogen-bond acceptors (Lipinski definition) is 2. The molecule has 0 N–H and O–H groups in total. The SMILES string of the molecule is CC1(C)Cc2cc(C=CC(=O)CCl)ccc2O1. The first kappa shape index (κ1) is 12.2. The summed E-state index contributed by atoms with van der Waals surface area (Å²) in [6, 6.07) is 5.95. The second-order valence-corrected chi connectivity index (χ2v) is 5.11. The molecule has 3 heteroatoms. The number of carbonyl (C=O) groups is 1. The molecule has 0 amide bonds. The summed E-state index contributed by atoms with van der Waals surface area (Å²) in [5, 5.41) is 0. The van der Waals surface area contributed by atoms with Gasteiger partial charge in [0.2, 0.25) is 0 Å². The van der Waals surface area contributed by atoms with Crippen LogP contribution in [0.25, 0.3) is 6.08 Å². The van der Waals surface area contributed by atoms with E-state index in [2.05, 4.69) is 19.9 Å². The van der Waals surface area contributed by atoms with Crippen molar-refractivity contribution in [3.05, 3.63) is 35.4 Å². The number of ketones is 1. The normalized spacial score (nSPS) is 16.9. The summed E-state index contributed by atoms with van der Waals surface area (Å²) >= 11 is 5.43. The van der Waals surface area contributed by atoms with E-state index in [4.69, 9.17) is 16.3 Å². The zero-order valence-electron chi connectivity index (χ0n) is 10.00. The molecular weight excluding hydrogens is 236 g/mol. The molecule has 17 heavy (non-hydrogen) atoms. The molecule has 1 aromatic carbocycles. The molecule has 90 valence electrons. The Balaban J connectivity index is 2.19. The number of fused-ring (bicyclic) bond motifs is 1. The van der Waals surface area contributed by atoms with Gasteiger partial charge in [-0.3, -0.25) is 4.79 Å². The van der Waals surface area contributed by atoms with Crippen LogP contribution < -0.4 is 4.74 Å². The largest absolute Gasteiger partial charge is 0.487 e. The van der Waals surface area contributed by atoms with Crippen LogP contribution in [0.2, 0.25) is 0 Å². The summed E-state index contributed by atoms with van der Waals surface area (Å²) in [5.41, 5.74) is 2.07. The summed E-state index contributed by atoms with van der Waals surface area (Å²) in [6.45, 7) is 4.14. The highest BCUT2D eigenvalue weighted by atomic mass is 35.5. The van der Waals surface area contributed by atoms with E-state index in [1.165, 1.54) is 11.6 Å². The third-order valence-electron chi connectivity index (χ3n) is 2.68. The summed E-state index contributed by atoms with van der Waals surface area (Å²) in [4.78, 5) is 11.1. The lowest BCUT2D eigenvalue weighted by molar-refractivity contribution is -0.112. The van der Waals surface area contributed by atoms with E-state index in [9.17, 15) is 4.79 Å². The summed E-state index contributed by atoms with van der Waals surface area (Å²) in [5.74, 6) is 0.886. The Bertz CT molecular complexity index is 475. The van der Waals surface area contributed by atoms with Gasteiger partial charge in [-0.1, -0.05) is 12.1 Å². The average Bonchev–Trinajstić information content (AvgIpc) is 2.58. The second kappa shape index (κ2) is 4.53. The molecule has 0 spiro atoms. The quantitative estimate of drug-likeness (QED) is 0.608. The minimum atomic E-state index is -0.128. The first-order chi connectivity index (χ1) is 8.00. The molecule has 1 aromatic rings. The van der Waals surface area contributed by atoms with Gasteiger partial charge < -0.3 is 4.74 Å². The number of hydrogen-bond donors (Lipinski definition) is 0. The lowest BCUT2D eigenvalue weighted by Gasteiger charge is -2.16. The molecule has 0 bridgehead atoms. The number of carbonyl (C=O) groups excluding carboxylic acids is 1. The van der Waals surface area contributed by atoms with E-state index in [1.807, 2.05) is 12.1 Å². The van der Waals surface area contributed by atoms with Gasteiger partial charge in [0.15, 0.2) is 5.78 Å². The van der Waals surface area contributed by atoms with E-state index >= 15 is 0 Å². The van der Waals surface area contributed by atoms with Crippen molar-refractivity contribution in [2.45, 2.75) is 25.9 Å². The Morgan fingerprint density at radius 2 is 2.29 bits per heavy atom. The number of ether oxygens (including phenoxy) is 1. The van der Waals surface area contributed by atoms with E-state index in [-0.39, 0.29) is 17.3 Å². The van der Waals surface area contributed by atoms with E-state index in [0.717, 1.165) is 17.7 Å². The maximum Gasteiger partial charge on any atom is 0.170 e. The Labute approximate surface area is 106 Å². The average molecular weight is 251 g/mol. The van der Waals surface area contributed by atoms with Crippen molar-refractivity contribution in [2.75, 3.05) is 5.88 Å². The van der Waals surface area contributed by atoms with Crippen molar-refractivity contribution >= 4 is 23.5 Å². The Hall–Kier alpha value is -1.28. The van der Waals surface area contributed by atoms with Crippen LogP contribution in [0.3, 0.4) is 0 Å². The van der Waals surface area contributed by atoms with Crippen LogP contribution in [0, 0.1) is 0 Å². The van der Waals surface area contributed by atoms with E-state index in [0.29, 0.717) is 0 Å². The molecule has 0 aliphatic carbocycles. The predicted molar refractivity (Wildman–Crippen MR) is 69.6 cm³/mol. The minimum absolute atomic E-state index is 0.0254. The topological polar surface area (TPSA) is 26.3 Å². The highest BCUT2D eigenvalue weighted by Crippen LogP contribution is 2.35. The lowest BCUT2D eigenvalue weighted by atomic mass is 10.00. The Kier molecular flexibility index (Phi) is 3.25. The van der Waals surface area contributed by atoms with Crippen LogP contribution in [0.5, 0.6) is 5.75 Å². The second-order valence-electron chi connectivity index (χ2n) is 4.84. The number of allylic oxidation sites excluding steroid dienone is 1. The molecule has 0 saturated carbocycles. The maximum atomic E-state index is 11.1. The molecule has 2 nitrogen and oxygen atoms in total. The molecule has 0 aromatic heterocycles. The number of benzene rings is 1. The van der Waals surface area contributed by atoms with Crippen molar-refractivity contribution in [1.29, 1.82) is 0 Å². The molecule has 0 saturated heterocycles. The van der Waals surface area contributed by atoms with Gasteiger partial charge in [0, 0.05) is 6.42 Å². The van der Waals surface area contributed by atoms with E-state index in [1.54, 1.807) is 6.08 Å². The minimum Gasteiger partial charge on any atom is -0.487 e. The molecule has 1 aliphatic rings. The third kappa shape index (κ3) is 2.89. The highest BCUT2D eigenvalue weighted by molar-refractivity contribution is 6.29. The molecule has 0 unspecified atom stereocenters. The van der Waals surface area contributed by atoms with Gasteiger partial charge in [-0.2, -0.15) is 0 Å². The number of halogens is 1. The number of rotatable bonds is 3. The molecular formula is C14H15ClO2. The van der Waals surface area contributed by atoms with Crippen molar-refractivity contribution in [2.24, 2.45) is 0 Å². The summed E-state index contributed by atoms with van der Waals surface area (Å²) in [7, 11) is 0. The highest BCUT2D eigenvalue weighted by Gasteiger charge is 2.29. The van der Waals surface area contributed by atoms with Crippen LogP contribution in [0.1, 0.15) is 25.0 Å². The summed E-state index contributed by atoms with van der Waals surface area (Å²) in [6.07, 6.45) is 4.19. The van der Waals surface area contributed by atoms with Crippen LogP contribution in [-0.2, 0) is 11.2 Å². The molecule has 1 aliphatic heterocycles. The van der Waals surface area contributed by atoms with Crippen LogP contribution in [0.15, 0.2) is 24.3 Å². The van der Waals surface area contributed by atoms with Gasteiger partial charge in [-0.25, -0.2) is 0 Å². The molecule has 1 heterocycles. The molecule has 0 atom stereocenters. The van der Waals surface area contributed by atoms with Crippen molar-refractivity contribution in [3.8, 4) is 5.75 Å². The Morgan fingerprint density at radius 1 is 1.53 bits per heavy atom. The van der Waals surface area contributed by atoms with Gasteiger partial charge in [0.1, 0.15) is 11.4 Å². The van der Waals surface area contributed by atoms with Gasteiger partial charge in [-0.15, -0.1) is 11.6 Å². The maximum absolute atomic E-state index is 11.1. The van der Waals surface area contributed by atoms with Crippen molar-refractivity contribution in [1.82, 2.24) is 0 Å². The summed E-state index contributed by atoms with van der Waals surface area (Å²) < 4.78 is 5.78. The van der Waals surface area contributed by atoms with Crippen molar-refractivity contribution < 1.29 is 9.53 Å². The van der Waals surface area contributed by atoms with Gasteiger partial charge in [0.05, 0.1) is 5.88 Å². The van der Waals surface area contributed by atoms with Crippen LogP contribution in [-0.4, -0.2) is 17.3 Å². The zero-order chi connectivity index (χ0) is 12.5. The zero-order valence-corrected chi connectivity index (χ0v) is 10.8. The molecule has 0 radical (unpaired) electrons. The van der Waals surface area contributed by atoms with Gasteiger partial charge in [0.25, 0.3) is 0 Å². The fourth-order valence-electron chi connectivity index (χ4n) is 1.97.